The lowest BCUT2D eigenvalue weighted by molar-refractivity contribution is -0.996. The van der Waals surface area contributed by atoms with E-state index in [-0.39, 0.29) is 11.4 Å². The Bertz CT molecular complexity index is 698. The summed E-state index contributed by atoms with van der Waals surface area (Å²) in [6.07, 6.45) is 3.87. The zero-order valence-corrected chi connectivity index (χ0v) is 11.4. The molecule has 2 aromatic rings. The molecule has 0 spiro atoms. The van der Waals surface area contributed by atoms with Gasteiger partial charge in [0, 0.05) is 17.2 Å². The Morgan fingerprint density at radius 2 is 1.50 bits per heavy atom. The molecular formula is C15H14N2O5. The molecule has 2 unspecified atom stereocenters. The molecule has 2 atom stereocenters. The van der Waals surface area contributed by atoms with Gasteiger partial charge in [0.1, 0.15) is 0 Å². The van der Waals surface area contributed by atoms with Crippen molar-refractivity contribution in [2.24, 2.45) is 0 Å². The highest BCUT2D eigenvalue weighted by Gasteiger charge is 2.11. The Labute approximate surface area is 126 Å². The number of carbonyl (C=O) groups excluding carboxylic acids is 1. The number of rotatable bonds is 5. The van der Waals surface area contributed by atoms with Crippen LogP contribution in [-0.2, 0) is 0 Å². The third kappa shape index (κ3) is 3.62. The lowest BCUT2D eigenvalue weighted by atomic mass is 10.1. The number of quaternary nitrogens is 2. The number of aldehydes is 1. The van der Waals surface area contributed by atoms with Gasteiger partial charge in [0.25, 0.3) is 0 Å². The Morgan fingerprint density at radius 1 is 0.864 bits per heavy atom. The number of benzene rings is 2. The Kier molecular flexibility index (Phi) is 5.12. The third-order valence-corrected chi connectivity index (χ3v) is 3.10. The standard InChI is InChI=1S/C15H14N2O5/c18-10-13-4-2-1-3-11(13)5-6-12-7-8-14(16(19)20)9-15(12)17(21)22/h1-10,16-17,19,21H. The van der Waals surface area contributed by atoms with E-state index < -0.39 is 10.5 Å². The summed E-state index contributed by atoms with van der Waals surface area (Å²) < 4.78 is 0. The van der Waals surface area contributed by atoms with E-state index in [9.17, 15) is 20.4 Å². The van der Waals surface area contributed by atoms with Crippen LogP contribution in [0.5, 0.6) is 0 Å². The molecule has 0 aliphatic carbocycles. The molecule has 0 aromatic heterocycles. The first-order valence-electron chi connectivity index (χ1n) is 6.36. The highest BCUT2D eigenvalue weighted by Crippen LogP contribution is 2.19. The van der Waals surface area contributed by atoms with E-state index in [2.05, 4.69) is 0 Å². The van der Waals surface area contributed by atoms with Gasteiger partial charge in [0.05, 0.1) is 6.07 Å². The van der Waals surface area contributed by atoms with Crippen molar-refractivity contribution < 1.29 is 25.7 Å². The molecule has 0 bridgehead atoms. The molecule has 7 heteroatoms. The summed E-state index contributed by atoms with van der Waals surface area (Å²) in [6.45, 7) is 0. The summed E-state index contributed by atoms with van der Waals surface area (Å²) in [7, 11) is 0. The van der Waals surface area contributed by atoms with Crippen LogP contribution in [0.25, 0.3) is 12.2 Å². The molecule has 0 saturated heterocycles. The van der Waals surface area contributed by atoms with Gasteiger partial charge >= 0.3 is 0 Å². The maximum Gasteiger partial charge on any atom is 0.177 e. The van der Waals surface area contributed by atoms with E-state index in [0.29, 0.717) is 23.0 Å². The largest absolute Gasteiger partial charge is 0.595 e. The van der Waals surface area contributed by atoms with Gasteiger partial charge in [-0.05, 0) is 17.7 Å². The van der Waals surface area contributed by atoms with Gasteiger partial charge in [-0.3, -0.25) is 4.79 Å². The fraction of sp³-hybridized carbons (Fsp3) is 0. The van der Waals surface area contributed by atoms with Crippen molar-refractivity contribution >= 4 is 29.8 Å². The van der Waals surface area contributed by atoms with Gasteiger partial charge in [-0.1, -0.05) is 30.3 Å². The third-order valence-electron chi connectivity index (χ3n) is 3.10. The molecule has 0 heterocycles. The maximum atomic E-state index is 11.2. The van der Waals surface area contributed by atoms with Gasteiger partial charge in [0.2, 0.25) is 0 Å². The minimum absolute atomic E-state index is 0.0946. The number of carbonyl (C=O) groups is 1. The zero-order chi connectivity index (χ0) is 16.1. The van der Waals surface area contributed by atoms with E-state index in [1.165, 1.54) is 18.2 Å². The first-order valence-corrected chi connectivity index (χ1v) is 6.36. The molecular weight excluding hydrogens is 288 g/mol. The molecule has 0 aliphatic rings. The topological polar surface area (TPSA) is 113 Å². The fourth-order valence-corrected chi connectivity index (χ4v) is 1.97. The zero-order valence-electron chi connectivity index (χ0n) is 11.4. The van der Waals surface area contributed by atoms with Crippen molar-refractivity contribution in [3.8, 4) is 0 Å². The van der Waals surface area contributed by atoms with Crippen LogP contribution in [0.15, 0.2) is 42.5 Å². The minimum Gasteiger partial charge on any atom is -0.595 e. The Balaban J connectivity index is 2.40. The first kappa shape index (κ1) is 16.0. The number of hydrogen-bond acceptors (Lipinski definition) is 5. The fourth-order valence-electron chi connectivity index (χ4n) is 1.97. The van der Waals surface area contributed by atoms with E-state index in [1.807, 2.05) is 0 Å². The number of hydrogen-bond donors (Lipinski definition) is 4. The Morgan fingerprint density at radius 3 is 2.09 bits per heavy atom. The molecule has 0 radical (unpaired) electrons. The summed E-state index contributed by atoms with van der Waals surface area (Å²) in [5.41, 5.74) is 1.29. The van der Waals surface area contributed by atoms with E-state index in [4.69, 9.17) is 5.21 Å². The lowest BCUT2D eigenvalue weighted by Gasteiger charge is -2.17. The van der Waals surface area contributed by atoms with Crippen LogP contribution in [0.3, 0.4) is 0 Å². The van der Waals surface area contributed by atoms with Gasteiger partial charge in [0.15, 0.2) is 17.7 Å². The van der Waals surface area contributed by atoms with Gasteiger partial charge in [-0.2, -0.15) is 10.5 Å². The Hall–Kier alpha value is -2.39. The van der Waals surface area contributed by atoms with Crippen LogP contribution in [0, 0.1) is 10.4 Å². The summed E-state index contributed by atoms with van der Waals surface area (Å²) in [6, 6.07) is 10.7. The van der Waals surface area contributed by atoms with Crippen LogP contribution in [-0.4, -0.2) is 16.7 Å². The molecule has 114 valence electrons. The van der Waals surface area contributed by atoms with Crippen LogP contribution < -0.4 is 10.5 Å². The maximum absolute atomic E-state index is 11.2. The minimum atomic E-state index is -1.22. The molecule has 22 heavy (non-hydrogen) atoms. The second-order valence-corrected chi connectivity index (χ2v) is 4.49. The average Bonchev–Trinajstić information content (AvgIpc) is 2.52. The van der Waals surface area contributed by atoms with Crippen molar-refractivity contribution in [3.05, 3.63) is 69.6 Å². The summed E-state index contributed by atoms with van der Waals surface area (Å²) in [4.78, 5) is 10.9. The van der Waals surface area contributed by atoms with Crippen molar-refractivity contribution in [3.63, 3.8) is 0 Å². The van der Waals surface area contributed by atoms with Crippen LogP contribution in [0.2, 0.25) is 0 Å². The van der Waals surface area contributed by atoms with Crippen molar-refractivity contribution in [2.45, 2.75) is 0 Å². The van der Waals surface area contributed by atoms with Crippen LogP contribution in [0.1, 0.15) is 21.5 Å². The highest BCUT2D eigenvalue weighted by molar-refractivity contribution is 5.85. The molecule has 2 aromatic carbocycles. The molecule has 2 rings (SSSR count). The normalized spacial score (nSPS) is 14.0. The van der Waals surface area contributed by atoms with Gasteiger partial charge < -0.3 is 10.4 Å². The molecule has 0 aliphatic heterocycles. The highest BCUT2D eigenvalue weighted by atomic mass is 16.8. The van der Waals surface area contributed by atoms with E-state index in [0.717, 1.165) is 6.07 Å². The van der Waals surface area contributed by atoms with Crippen LogP contribution >= 0.6 is 0 Å². The lowest BCUT2D eigenvalue weighted by Crippen LogP contribution is -3.01. The van der Waals surface area contributed by atoms with Gasteiger partial charge in [-0.15, -0.1) is 0 Å². The predicted octanol–water partition coefficient (Wildman–Crippen LogP) is 0.476. The summed E-state index contributed by atoms with van der Waals surface area (Å²) in [5, 5.41) is 37.8. The average molecular weight is 302 g/mol. The van der Waals surface area contributed by atoms with Crippen molar-refractivity contribution in [2.75, 3.05) is 0 Å². The quantitative estimate of drug-likeness (QED) is 0.364. The second kappa shape index (κ2) is 7.05. The molecule has 0 saturated carbocycles. The second-order valence-electron chi connectivity index (χ2n) is 4.49. The monoisotopic (exact) mass is 302 g/mol. The SMILES string of the molecule is O=Cc1ccccc1C=Cc1ccc([NH+]([O-])O)cc1[NH+]([O-])O. The predicted molar refractivity (Wildman–Crippen MR) is 78.8 cm³/mol. The molecule has 0 fully saturated rings. The summed E-state index contributed by atoms with van der Waals surface area (Å²) in [5.74, 6) is 0. The summed E-state index contributed by atoms with van der Waals surface area (Å²) >= 11 is 0. The van der Waals surface area contributed by atoms with E-state index in [1.54, 1.807) is 30.3 Å². The molecule has 4 N–H and O–H groups in total. The van der Waals surface area contributed by atoms with Crippen LogP contribution in [0.4, 0.5) is 11.4 Å². The first-order chi connectivity index (χ1) is 10.5. The molecule has 0 amide bonds. The smallest absolute Gasteiger partial charge is 0.177 e. The van der Waals surface area contributed by atoms with Crippen molar-refractivity contribution in [1.82, 2.24) is 0 Å². The van der Waals surface area contributed by atoms with Gasteiger partial charge in [-0.25, -0.2) is 10.4 Å². The number of nitrogens with one attached hydrogen (secondary N) is 2. The van der Waals surface area contributed by atoms with Crippen molar-refractivity contribution in [1.29, 1.82) is 0 Å². The molecule has 7 nitrogen and oxygen atoms in total. The van der Waals surface area contributed by atoms with E-state index >= 15 is 0 Å².